The molecule has 3 radical (unpaired) electrons. The van der Waals surface area contributed by atoms with Crippen molar-refractivity contribution in [2.75, 3.05) is 0 Å². The summed E-state index contributed by atoms with van der Waals surface area (Å²) in [6.07, 6.45) is 5.67. The summed E-state index contributed by atoms with van der Waals surface area (Å²) in [5.41, 5.74) is 5.87. The minimum Gasteiger partial charge on any atom is -0.147 e. The standard InChI is InChI=1S/C8H16N.3ClH.Sn/c1-7(9)8-5-3-2-4-6-8;;;;/h5,7-8H,2-4,6,9H2,1H3;3*1H;. The van der Waals surface area contributed by atoms with Crippen LogP contribution >= 0.6 is 37.2 Å². The number of rotatable bonds is 1. The van der Waals surface area contributed by atoms with Gasteiger partial charge >= 0.3 is 76.8 Å². The average Bonchev–Trinajstić information content (AvgIpc) is 1.88. The van der Waals surface area contributed by atoms with Crippen LogP contribution in [0.15, 0.2) is 0 Å². The van der Waals surface area contributed by atoms with Crippen molar-refractivity contribution in [2.45, 2.75) is 42.6 Å². The van der Waals surface area contributed by atoms with Crippen molar-refractivity contribution < 1.29 is 0 Å². The predicted octanol–water partition coefficient (Wildman–Crippen LogP) is 2.75. The molecule has 0 aromatic heterocycles. The van der Waals surface area contributed by atoms with Crippen molar-refractivity contribution in [1.82, 2.24) is 0 Å². The molecule has 0 amide bonds. The molecule has 0 bridgehead atoms. The second-order valence-corrected chi connectivity index (χ2v) is 5.53. The molecule has 0 saturated heterocycles. The van der Waals surface area contributed by atoms with Gasteiger partial charge in [0.25, 0.3) is 0 Å². The Morgan fingerprint density at radius 1 is 1.15 bits per heavy atom. The fraction of sp³-hybridized carbons (Fsp3) is 1.00. The summed E-state index contributed by atoms with van der Waals surface area (Å²) in [7, 11) is 0. The van der Waals surface area contributed by atoms with Crippen LogP contribution in [0, 0.1) is 5.92 Å². The molecule has 1 nitrogen and oxygen atoms in total. The first-order valence-electron chi connectivity index (χ1n) is 4.18. The minimum absolute atomic E-state index is 0. The molecule has 0 heterocycles. The van der Waals surface area contributed by atoms with Gasteiger partial charge in [-0.3, -0.25) is 0 Å². The Labute approximate surface area is 113 Å². The maximum absolute atomic E-state index is 5.87. The Hall–Kier alpha value is 1.63. The van der Waals surface area contributed by atoms with E-state index >= 15 is 0 Å². The number of hydrogen-bond donors (Lipinski definition) is 1. The van der Waals surface area contributed by atoms with Gasteiger partial charge in [-0.05, 0) is 0 Å². The van der Waals surface area contributed by atoms with Crippen molar-refractivity contribution >= 4 is 59.7 Å². The third-order valence-electron chi connectivity index (χ3n) is 2.49. The third-order valence-corrected chi connectivity index (χ3v) is 4.54. The Kier molecular flexibility index (Phi) is 15.7. The van der Waals surface area contributed by atoms with Crippen molar-refractivity contribution in [3.8, 4) is 0 Å². The van der Waals surface area contributed by atoms with Gasteiger partial charge in [-0.15, -0.1) is 37.2 Å². The first-order chi connectivity index (χ1) is 4.72. The van der Waals surface area contributed by atoms with Gasteiger partial charge in [-0.2, -0.15) is 0 Å². The normalized spacial score (nSPS) is 28.8. The van der Waals surface area contributed by atoms with Crippen LogP contribution in [0.2, 0.25) is 3.93 Å². The zero-order valence-electron chi connectivity index (χ0n) is 7.86. The Morgan fingerprint density at radius 3 is 1.92 bits per heavy atom. The molecule has 0 aromatic carbocycles. The van der Waals surface area contributed by atoms with Gasteiger partial charge in [0.2, 0.25) is 0 Å². The average molecular weight is 354 g/mol. The molecule has 3 atom stereocenters. The quantitative estimate of drug-likeness (QED) is 0.720. The van der Waals surface area contributed by atoms with Crippen molar-refractivity contribution in [2.24, 2.45) is 11.7 Å². The molecule has 2 N–H and O–H groups in total. The topological polar surface area (TPSA) is 26.0 Å². The predicted molar refractivity (Wildman–Crippen MR) is 66.9 cm³/mol. The van der Waals surface area contributed by atoms with Crippen LogP contribution in [-0.4, -0.2) is 28.6 Å². The fourth-order valence-electron chi connectivity index (χ4n) is 1.79. The second-order valence-electron chi connectivity index (χ2n) is 3.41. The van der Waals surface area contributed by atoms with E-state index in [9.17, 15) is 0 Å². The molecule has 0 spiro atoms. The zero-order chi connectivity index (χ0) is 7.56. The van der Waals surface area contributed by atoms with Crippen molar-refractivity contribution in [3.05, 3.63) is 0 Å². The van der Waals surface area contributed by atoms with E-state index in [-0.39, 0.29) is 37.2 Å². The molecule has 0 aliphatic heterocycles. The molecule has 1 aliphatic rings. The molecule has 81 valence electrons. The maximum atomic E-state index is 5.87. The Morgan fingerprint density at radius 2 is 1.62 bits per heavy atom. The Balaban J connectivity index is -0.000000333. The van der Waals surface area contributed by atoms with Crippen molar-refractivity contribution in [1.29, 1.82) is 0 Å². The largest absolute Gasteiger partial charge is 0.147 e. The molecular formula is C8H19Cl3NSn. The first-order valence-corrected chi connectivity index (χ1v) is 5.83. The van der Waals surface area contributed by atoms with Crippen LogP contribution in [-0.2, 0) is 0 Å². The summed E-state index contributed by atoms with van der Waals surface area (Å²) in [6, 6.07) is 0.435. The molecule has 1 rings (SSSR count). The zero-order valence-corrected chi connectivity index (χ0v) is 13.2. The van der Waals surface area contributed by atoms with Crippen LogP contribution in [0.1, 0.15) is 32.6 Å². The number of halogens is 3. The van der Waals surface area contributed by atoms with Crippen LogP contribution in [0.5, 0.6) is 0 Å². The minimum atomic E-state index is 0. The van der Waals surface area contributed by atoms with Crippen LogP contribution in [0.4, 0.5) is 0 Å². The SMILES string of the molecule is CC(N)C1CCCC[CH]1[Sn].Cl.Cl.Cl. The third kappa shape index (κ3) is 6.67. The van der Waals surface area contributed by atoms with Crippen molar-refractivity contribution in [3.63, 3.8) is 0 Å². The molecule has 1 fully saturated rings. The fourth-order valence-corrected chi connectivity index (χ4v) is 3.71. The summed E-state index contributed by atoms with van der Waals surface area (Å²) < 4.78 is 0.959. The molecular weight excluding hydrogens is 335 g/mol. The van der Waals surface area contributed by atoms with E-state index in [0.717, 1.165) is 9.85 Å². The van der Waals surface area contributed by atoms with Crippen LogP contribution < -0.4 is 5.73 Å². The van der Waals surface area contributed by atoms with Crippen LogP contribution in [0.25, 0.3) is 0 Å². The van der Waals surface area contributed by atoms with Gasteiger partial charge in [0.15, 0.2) is 0 Å². The van der Waals surface area contributed by atoms with E-state index in [4.69, 9.17) is 5.73 Å². The number of hydrogen-bond acceptors (Lipinski definition) is 1. The van der Waals surface area contributed by atoms with E-state index in [2.05, 4.69) is 6.92 Å². The molecule has 1 aliphatic carbocycles. The van der Waals surface area contributed by atoms with Gasteiger partial charge in [-0.1, -0.05) is 0 Å². The van der Waals surface area contributed by atoms with E-state index in [1.165, 1.54) is 25.7 Å². The van der Waals surface area contributed by atoms with Crippen LogP contribution in [0.3, 0.4) is 0 Å². The molecule has 0 aromatic rings. The van der Waals surface area contributed by atoms with E-state index in [0.29, 0.717) is 6.04 Å². The monoisotopic (exact) mass is 354 g/mol. The summed E-state index contributed by atoms with van der Waals surface area (Å²) in [5, 5.41) is 0. The van der Waals surface area contributed by atoms with E-state index in [1.807, 2.05) is 0 Å². The smallest absolute Gasteiger partial charge is 0.147 e. The molecule has 13 heavy (non-hydrogen) atoms. The number of nitrogens with two attached hydrogens (primary N) is 1. The summed E-state index contributed by atoms with van der Waals surface area (Å²) in [6.45, 7) is 2.16. The van der Waals surface area contributed by atoms with Gasteiger partial charge in [0.1, 0.15) is 0 Å². The Bertz CT molecular complexity index is 114. The van der Waals surface area contributed by atoms with E-state index < -0.39 is 0 Å². The maximum Gasteiger partial charge on any atom is -0.147 e. The summed E-state index contributed by atoms with van der Waals surface area (Å²) in [4.78, 5) is 0. The van der Waals surface area contributed by atoms with Gasteiger partial charge in [0, 0.05) is 0 Å². The van der Waals surface area contributed by atoms with Gasteiger partial charge < -0.3 is 0 Å². The van der Waals surface area contributed by atoms with Gasteiger partial charge in [0.05, 0.1) is 0 Å². The van der Waals surface area contributed by atoms with Gasteiger partial charge in [-0.25, -0.2) is 0 Å². The molecule has 5 heteroatoms. The first kappa shape index (κ1) is 20.1. The summed E-state index contributed by atoms with van der Waals surface area (Å²) >= 11 is 1.70. The molecule has 3 unspecified atom stereocenters. The summed E-state index contributed by atoms with van der Waals surface area (Å²) in [5.74, 6) is 0.840. The second kappa shape index (κ2) is 10.2. The molecule has 1 saturated carbocycles. The van der Waals surface area contributed by atoms with E-state index in [1.54, 1.807) is 22.5 Å².